The average molecular weight is 282 g/mol. The number of nitrogens with one attached hydrogen (secondary N) is 1. The SMILES string of the molecule is CCCCN(Cc1cccc(CNC)c1)c1ccccc1. The van der Waals surface area contributed by atoms with E-state index >= 15 is 0 Å². The minimum atomic E-state index is 0.925. The normalized spacial score (nSPS) is 10.6. The van der Waals surface area contributed by atoms with Crippen LogP contribution in [0.3, 0.4) is 0 Å². The lowest BCUT2D eigenvalue weighted by molar-refractivity contribution is 0.715. The maximum atomic E-state index is 3.22. The Morgan fingerprint density at radius 2 is 1.71 bits per heavy atom. The van der Waals surface area contributed by atoms with Crippen LogP contribution in [0.5, 0.6) is 0 Å². The summed E-state index contributed by atoms with van der Waals surface area (Å²) in [5.74, 6) is 0. The molecule has 0 aliphatic carbocycles. The zero-order valence-electron chi connectivity index (χ0n) is 13.2. The van der Waals surface area contributed by atoms with Crippen LogP contribution in [-0.4, -0.2) is 13.6 Å². The van der Waals surface area contributed by atoms with E-state index in [4.69, 9.17) is 0 Å². The van der Waals surface area contributed by atoms with Crippen molar-refractivity contribution in [1.29, 1.82) is 0 Å². The number of para-hydroxylation sites is 1. The van der Waals surface area contributed by atoms with Gasteiger partial charge in [0, 0.05) is 25.3 Å². The third-order valence-electron chi connectivity index (χ3n) is 3.65. The molecular formula is C19H26N2. The van der Waals surface area contributed by atoms with Gasteiger partial charge in [0.15, 0.2) is 0 Å². The Morgan fingerprint density at radius 1 is 0.952 bits per heavy atom. The molecule has 0 bridgehead atoms. The molecule has 2 aromatic carbocycles. The van der Waals surface area contributed by atoms with Crippen LogP contribution in [0.4, 0.5) is 5.69 Å². The standard InChI is InChI=1S/C19H26N2/c1-3-4-13-21(19-11-6-5-7-12-19)16-18-10-8-9-17(14-18)15-20-2/h5-12,14,20H,3-4,13,15-16H2,1-2H3. The molecule has 0 unspecified atom stereocenters. The molecule has 0 radical (unpaired) electrons. The second-order valence-corrected chi connectivity index (χ2v) is 5.46. The Balaban J connectivity index is 2.12. The summed E-state index contributed by atoms with van der Waals surface area (Å²) in [6, 6.07) is 19.6. The summed E-state index contributed by atoms with van der Waals surface area (Å²) < 4.78 is 0. The van der Waals surface area contributed by atoms with E-state index in [0.717, 1.165) is 19.6 Å². The smallest absolute Gasteiger partial charge is 0.0429 e. The van der Waals surface area contributed by atoms with Gasteiger partial charge in [-0.2, -0.15) is 0 Å². The van der Waals surface area contributed by atoms with Crippen molar-refractivity contribution in [2.75, 3.05) is 18.5 Å². The van der Waals surface area contributed by atoms with Gasteiger partial charge in [-0.25, -0.2) is 0 Å². The van der Waals surface area contributed by atoms with E-state index in [1.54, 1.807) is 0 Å². The summed E-state index contributed by atoms with van der Waals surface area (Å²) in [6.07, 6.45) is 2.45. The van der Waals surface area contributed by atoms with Crippen molar-refractivity contribution in [2.45, 2.75) is 32.9 Å². The predicted molar refractivity (Wildman–Crippen MR) is 91.6 cm³/mol. The van der Waals surface area contributed by atoms with Gasteiger partial charge in [0.25, 0.3) is 0 Å². The van der Waals surface area contributed by atoms with Crippen LogP contribution in [0.15, 0.2) is 54.6 Å². The van der Waals surface area contributed by atoms with E-state index in [1.165, 1.54) is 29.7 Å². The van der Waals surface area contributed by atoms with Gasteiger partial charge in [-0.15, -0.1) is 0 Å². The molecule has 0 spiro atoms. The Bertz CT molecular complexity index is 522. The molecule has 0 saturated carbocycles. The van der Waals surface area contributed by atoms with Crippen LogP contribution >= 0.6 is 0 Å². The molecule has 0 saturated heterocycles. The number of hydrogen-bond donors (Lipinski definition) is 1. The van der Waals surface area contributed by atoms with Gasteiger partial charge in [-0.1, -0.05) is 55.8 Å². The number of benzene rings is 2. The average Bonchev–Trinajstić information content (AvgIpc) is 2.53. The minimum Gasteiger partial charge on any atom is -0.367 e. The Hall–Kier alpha value is -1.80. The molecule has 0 aliphatic rings. The second kappa shape index (κ2) is 8.48. The van der Waals surface area contributed by atoms with E-state index in [2.05, 4.69) is 71.7 Å². The first-order chi connectivity index (χ1) is 10.3. The van der Waals surface area contributed by atoms with Gasteiger partial charge in [-0.05, 0) is 36.7 Å². The Labute approximate surface area is 128 Å². The molecule has 0 fully saturated rings. The maximum Gasteiger partial charge on any atom is 0.0429 e. The third kappa shape index (κ3) is 4.91. The first kappa shape index (κ1) is 15.6. The highest BCUT2D eigenvalue weighted by atomic mass is 15.1. The zero-order chi connectivity index (χ0) is 14.9. The fraction of sp³-hybridized carbons (Fsp3) is 0.368. The van der Waals surface area contributed by atoms with Crippen molar-refractivity contribution >= 4 is 5.69 Å². The lowest BCUT2D eigenvalue weighted by Crippen LogP contribution is -2.23. The quantitative estimate of drug-likeness (QED) is 0.780. The van der Waals surface area contributed by atoms with E-state index < -0.39 is 0 Å². The molecule has 2 aromatic rings. The molecule has 0 atom stereocenters. The van der Waals surface area contributed by atoms with Gasteiger partial charge in [-0.3, -0.25) is 0 Å². The highest BCUT2D eigenvalue weighted by Crippen LogP contribution is 2.18. The van der Waals surface area contributed by atoms with E-state index in [-0.39, 0.29) is 0 Å². The highest BCUT2D eigenvalue weighted by molar-refractivity contribution is 5.46. The molecule has 2 nitrogen and oxygen atoms in total. The lowest BCUT2D eigenvalue weighted by Gasteiger charge is -2.25. The molecule has 21 heavy (non-hydrogen) atoms. The summed E-state index contributed by atoms with van der Waals surface area (Å²) in [4.78, 5) is 2.47. The van der Waals surface area contributed by atoms with Gasteiger partial charge in [0.05, 0.1) is 0 Å². The van der Waals surface area contributed by atoms with Gasteiger partial charge < -0.3 is 10.2 Å². The molecule has 0 amide bonds. The van der Waals surface area contributed by atoms with Crippen LogP contribution in [0, 0.1) is 0 Å². The van der Waals surface area contributed by atoms with Crippen molar-refractivity contribution < 1.29 is 0 Å². The van der Waals surface area contributed by atoms with E-state index in [9.17, 15) is 0 Å². The zero-order valence-corrected chi connectivity index (χ0v) is 13.2. The number of anilines is 1. The molecule has 0 aliphatic heterocycles. The van der Waals surface area contributed by atoms with Gasteiger partial charge in [0.2, 0.25) is 0 Å². The maximum absolute atomic E-state index is 3.22. The van der Waals surface area contributed by atoms with Crippen molar-refractivity contribution in [3.8, 4) is 0 Å². The molecule has 0 heterocycles. The van der Waals surface area contributed by atoms with Crippen LogP contribution in [0.1, 0.15) is 30.9 Å². The molecule has 112 valence electrons. The van der Waals surface area contributed by atoms with Crippen molar-refractivity contribution in [2.24, 2.45) is 0 Å². The summed E-state index contributed by atoms with van der Waals surface area (Å²) in [6.45, 7) is 5.25. The summed E-state index contributed by atoms with van der Waals surface area (Å²) in [5, 5.41) is 3.22. The molecule has 1 N–H and O–H groups in total. The van der Waals surface area contributed by atoms with E-state index in [0.29, 0.717) is 0 Å². The Kier molecular flexibility index (Phi) is 6.29. The van der Waals surface area contributed by atoms with Crippen LogP contribution in [0.2, 0.25) is 0 Å². The topological polar surface area (TPSA) is 15.3 Å². The summed E-state index contributed by atoms with van der Waals surface area (Å²) >= 11 is 0. The molecule has 0 aromatic heterocycles. The largest absolute Gasteiger partial charge is 0.367 e. The molecular weight excluding hydrogens is 256 g/mol. The van der Waals surface area contributed by atoms with Gasteiger partial charge in [0.1, 0.15) is 0 Å². The number of rotatable bonds is 8. The fourth-order valence-electron chi connectivity index (χ4n) is 2.55. The van der Waals surface area contributed by atoms with Crippen LogP contribution in [0.25, 0.3) is 0 Å². The monoisotopic (exact) mass is 282 g/mol. The highest BCUT2D eigenvalue weighted by Gasteiger charge is 2.07. The molecule has 2 heteroatoms. The van der Waals surface area contributed by atoms with Crippen LogP contribution < -0.4 is 10.2 Å². The first-order valence-corrected chi connectivity index (χ1v) is 7.86. The molecule has 2 rings (SSSR count). The van der Waals surface area contributed by atoms with Crippen LogP contribution in [-0.2, 0) is 13.1 Å². The summed E-state index contributed by atoms with van der Waals surface area (Å²) in [5.41, 5.74) is 4.03. The van der Waals surface area contributed by atoms with Crippen molar-refractivity contribution in [3.63, 3.8) is 0 Å². The number of unbranched alkanes of at least 4 members (excludes halogenated alkanes) is 1. The second-order valence-electron chi connectivity index (χ2n) is 5.46. The number of nitrogens with zero attached hydrogens (tertiary/aromatic N) is 1. The number of hydrogen-bond acceptors (Lipinski definition) is 2. The predicted octanol–water partition coefficient (Wildman–Crippen LogP) is 4.21. The van der Waals surface area contributed by atoms with Crippen molar-refractivity contribution in [3.05, 3.63) is 65.7 Å². The third-order valence-corrected chi connectivity index (χ3v) is 3.65. The minimum absolute atomic E-state index is 0.925. The summed E-state index contributed by atoms with van der Waals surface area (Å²) in [7, 11) is 1.99. The lowest BCUT2D eigenvalue weighted by atomic mass is 10.1. The van der Waals surface area contributed by atoms with Crippen molar-refractivity contribution in [1.82, 2.24) is 5.32 Å². The first-order valence-electron chi connectivity index (χ1n) is 7.86. The Morgan fingerprint density at radius 3 is 2.43 bits per heavy atom. The van der Waals surface area contributed by atoms with E-state index in [1.807, 2.05) is 7.05 Å². The van der Waals surface area contributed by atoms with Gasteiger partial charge >= 0.3 is 0 Å². The fourth-order valence-corrected chi connectivity index (χ4v) is 2.55.